The van der Waals surface area contributed by atoms with E-state index in [1.165, 1.54) is 0 Å². The molecule has 7 heteroatoms. The summed E-state index contributed by atoms with van der Waals surface area (Å²) in [6.45, 7) is 4.06. The SMILES string of the molecule is CCc1cnc(CNCc2cn(CCCO)nn2)o1. The van der Waals surface area contributed by atoms with E-state index in [0.717, 1.165) is 17.9 Å². The zero-order chi connectivity index (χ0) is 13.5. The molecule has 0 saturated heterocycles. The van der Waals surface area contributed by atoms with Crippen molar-refractivity contribution in [3.63, 3.8) is 0 Å². The summed E-state index contributed by atoms with van der Waals surface area (Å²) in [5.74, 6) is 1.58. The standard InChI is InChI=1S/C12H19N5O2/c1-2-11-7-14-12(19-11)8-13-6-10-9-17(16-15-10)4-3-5-18/h7,9,13,18H,2-6,8H2,1H3. The van der Waals surface area contributed by atoms with Gasteiger partial charge in [0.2, 0.25) is 5.89 Å². The van der Waals surface area contributed by atoms with Gasteiger partial charge in [0, 0.05) is 32.3 Å². The number of aliphatic hydroxyl groups excluding tert-OH is 1. The van der Waals surface area contributed by atoms with Gasteiger partial charge in [0.15, 0.2) is 0 Å². The molecule has 0 bridgehead atoms. The lowest BCUT2D eigenvalue weighted by molar-refractivity contribution is 0.276. The van der Waals surface area contributed by atoms with Crippen LogP contribution >= 0.6 is 0 Å². The van der Waals surface area contributed by atoms with E-state index in [9.17, 15) is 0 Å². The minimum absolute atomic E-state index is 0.164. The van der Waals surface area contributed by atoms with E-state index in [4.69, 9.17) is 9.52 Å². The predicted octanol–water partition coefficient (Wildman–Crippen LogP) is 0.501. The van der Waals surface area contributed by atoms with Crippen LogP contribution in [0.2, 0.25) is 0 Å². The molecular formula is C12H19N5O2. The number of hydrogen-bond acceptors (Lipinski definition) is 6. The highest BCUT2D eigenvalue weighted by Gasteiger charge is 2.03. The lowest BCUT2D eigenvalue weighted by Gasteiger charge is -1.98. The van der Waals surface area contributed by atoms with Crippen molar-refractivity contribution in [2.45, 2.75) is 39.4 Å². The molecular weight excluding hydrogens is 246 g/mol. The molecule has 2 N–H and O–H groups in total. The molecule has 0 aliphatic carbocycles. The zero-order valence-corrected chi connectivity index (χ0v) is 11.0. The smallest absolute Gasteiger partial charge is 0.208 e. The van der Waals surface area contributed by atoms with Crippen LogP contribution in [0.15, 0.2) is 16.8 Å². The Labute approximate surface area is 111 Å². The molecule has 0 aliphatic heterocycles. The normalized spacial score (nSPS) is 11.1. The van der Waals surface area contributed by atoms with Crippen molar-refractivity contribution in [2.24, 2.45) is 0 Å². The molecule has 2 aromatic rings. The number of aromatic nitrogens is 4. The molecule has 19 heavy (non-hydrogen) atoms. The van der Waals surface area contributed by atoms with Crippen molar-refractivity contribution in [1.29, 1.82) is 0 Å². The maximum absolute atomic E-state index is 8.73. The fourth-order valence-corrected chi connectivity index (χ4v) is 1.65. The topological polar surface area (TPSA) is 89.0 Å². The van der Waals surface area contributed by atoms with Gasteiger partial charge in [-0.15, -0.1) is 5.10 Å². The summed E-state index contributed by atoms with van der Waals surface area (Å²) in [7, 11) is 0. The molecule has 2 rings (SSSR count). The molecule has 0 fully saturated rings. The van der Waals surface area contributed by atoms with Crippen LogP contribution in [0.1, 0.15) is 30.7 Å². The summed E-state index contributed by atoms with van der Waals surface area (Å²) in [5, 5.41) is 19.9. The van der Waals surface area contributed by atoms with Gasteiger partial charge < -0.3 is 14.8 Å². The van der Waals surface area contributed by atoms with Gasteiger partial charge in [0.1, 0.15) is 5.76 Å². The van der Waals surface area contributed by atoms with Crippen molar-refractivity contribution < 1.29 is 9.52 Å². The lowest BCUT2D eigenvalue weighted by Crippen LogP contribution is -2.13. The molecule has 0 saturated carbocycles. The lowest BCUT2D eigenvalue weighted by atomic mass is 10.4. The number of aryl methyl sites for hydroxylation is 2. The van der Waals surface area contributed by atoms with Gasteiger partial charge >= 0.3 is 0 Å². The highest BCUT2D eigenvalue weighted by molar-refractivity contribution is 4.95. The summed E-state index contributed by atoms with van der Waals surface area (Å²) in [5.41, 5.74) is 0.861. The second kappa shape index (κ2) is 7.01. The Bertz CT molecular complexity index is 494. The molecule has 104 valence electrons. The van der Waals surface area contributed by atoms with E-state index < -0.39 is 0 Å². The van der Waals surface area contributed by atoms with E-state index in [-0.39, 0.29) is 6.61 Å². The van der Waals surface area contributed by atoms with Crippen LogP contribution < -0.4 is 5.32 Å². The Morgan fingerprint density at radius 2 is 2.32 bits per heavy atom. The average molecular weight is 265 g/mol. The van der Waals surface area contributed by atoms with Gasteiger partial charge in [-0.2, -0.15) is 0 Å². The first-order valence-electron chi connectivity index (χ1n) is 6.46. The van der Waals surface area contributed by atoms with Gasteiger partial charge in [-0.05, 0) is 6.42 Å². The summed E-state index contributed by atoms with van der Waals surface area (Å²) in [6, 6.07) is 0. The summed E-state index contributed by atoms with van der Waals surface area (Å²) >= 11 is 0. The molecule has 2 aromatic heterocycles. The third-order valence-electron chi connectivity index (χ3n) is 2.66. The number of hydrogen-bond donors (Lipinski definition) is 2. The van der Waals surface area contributed by atoms with Gasteiger partial charge in [-0.25, -0.2) is 4.98 Å². The molecule has 0 aromatic carbocycles. The van der Waals surface area contributed by atoms with E-state index in [1.54, 1.807) is 10.9 Å². The van der Waals surface area contributed by atoms with Crippen LogP contribution in [0, 0.1) is 0 Å². The number of aliphatic hydroxyl groups is 1. The van der Waals surface area contributed by atoms with Crippen molar-refractivity contribution >= 4 is 0 Å². The van der Waals surface area contributed by atoms with E-state index >= 15 is 0 Å². The fourth-order valence-electron chi connectivity index (χ4n) is 1.65. The van der Waals surface area contributed by atoms with Gasteiger partial charge in [-0.3, -0.25) is 4.68 Å². The monoisotopic (exact) mass is 265 g/mol. The molecule has 0 atom stereocenters. The Balaban J connectivity index is 1.74. The summed E-state index contributed by atoms with van der Waals surface area (Å²) < 4.78 is 7.22. The van der Waals surface area contributed by atoms with Crippen molar-refractivity contribution in [2.75, 3.05) is 6.61 Å². The second-order valence-electron chi connectivity index (χ2n) is 4.23. The van der Waals surface area contributed by atoms with Crippen LogP contribution in [0.5, 0.6) is 0 Å². The summed E-state index contributed by atoms with van der Waals surface area (Å²) in [6.07, 6.45) is 5.16. The minimum Gasteiger partial charge on any atom is -0.444 e. The van der Waals surface area contributed by atoms with Crippen LogP contribution in [-0.4, -0.2) is 31.7 Å². The Morgan fingerprint density at radius 1 is 1.42 bits per heavy atom. The van der Waals surface area contributed by atoms with Crippen LogP contribution in [0.3, 0.4) is 0 Å². The zero-order valence-electron chi connectivity index (χ0n) is 11.0. The first-order valence-corrected chi connectivity index (χ1v) is 6.46. The highest BCUT2D eigenvalue weighted by atomic mass is 16.4. The van der Waals surface area contributed by atoms with Crippen molar-refractivity contribution in [3.8, 4) is 0 Å². The highest BCUT2D eigenvalue weighted by Crippen LogP contribution is 2.04. The van der Waals surface area contributed by atoms with Gasteiger partial charge in [0.25, 0.3) is 0 Å². The third-order valence-corrected chi connectivity index (χ3v) is 2.66. The second-order valence-corrected chi connectivity index (χ2v) is 4.23. The average Bonchev–Trinajstić information content (AvgIpc) is 3.05. The minimum atomic E-state index is 0.164. The number of oxazole rings is 1. The molecule has 0 aliphatic rings. The van der Waals surface area contributed by atoms with Crippen molar-refractivity contribution in [3.05, 3.63) is 29.7 Å². The van der Waals surface area contributed by atoms with E-state index in [1.807, 2.05) is 13.1 Å². The maximum Gasteiger partial charge on any atom is 0.208 e. The number of nitrogens with one attached hydrogen (secondary N) is 1. The van der Waals surface area contributed by atoms with Gasteiger partial charge in [-0.1, -0.05) is 12.1 Å². The Kier molecular flexibility index (Phi) is 5.05. The largest absolute Gasteiger partial charge is 0.444 e. The Hall–Kier alpha value is -1.73. The van der Waals surface area contributed by atoms with E-state index in [2.05, 4.69) is 20.6 Å². The maximum atomic E-state index is 8.73. The van der Waals surface area contributed by atoms with Gasteiger partial charge in [0.05, 0.1) is 18.4 Å². The Morgan fingerprint density at radius 3 is 3.05 bits per heavy atom. The van der Waals surface area contributed by atoms with Crippen LogP contribution in [-0.2, 0) is 26.1 Å². The molecule has 0 radical (unpaired) electrons. The van der Waals surface area contributed by atoms with Crippen LogP contribution in [0.4, 0.5) is 0 Å². The van der Waals surface area contributed by atoms with Crippen LogP contribution in [0.25, 0.3) is 0 Å². The number of rotatable bonds is 8. The molecule has 0 amide bonds. The molecule has 7 nitrogen and oxygen atoms in total. The quantitative estimate of drug-likeness (QED) is 0.722. The molecule has 0 unspecified atom stereocenters. The first kappa shape index (κ1) is 13.7. The summed E-state index contributed by atoms with van der Waals surface area (Å²) in [4.78, 5) is 4.17. The molecule has 0 spiro atoms. The molecule has 2 heterocycles. The third kappa shape index (κ3) is 4.15. The first-order chi connectivity index (χ1) is 9.31. The van der Waals surface area contributed by atoms with E-state index in [0.29, 0.717) is 31.9 Å². The fraction of sp³-hybridized carbons (Fsp3) is 0.583. The predicted molar refractivity (Wildman–Crippen MR) is 68.1 cm³/mol. The number of nitrogens with zero attached hydrogens (tertiary/aromatic N) is 4. The van der Waals surface area contributed by atoms with Crippen molar-refractivity contribution in [1.82, 2.24) is 25.3 Å².